The van der Waals surface area contributed by atoms with Crippen LogP contribution in [0.4, 0.5) is 0 Å². The van der Waals surface area contributed by atoms with Gasteiger partial charge in [0.15, 0.2) is 0 Å². The van der Waals surface area contributed by atoms with Crippen molar-refractivity contribution in [2.75, 3.05) is 0 Å². The summed E-state index contributed by atoms with van der Waals surface area (Å²) in [5, 5.41) is 0. The third kappa shape index (κ3) is 2.38. The summed E-state index contributed by atoms with van der Waals surface area (Å²) in [4.78, 5) is 0. The van der Waals surface area contributed by atoms with E-state index in [1.807, 2.05) is 0 Å². The van der Waals surface area contributed by atoms with Crippen molar-refractivity contribution < 1.29 is 0 Å². The van der Waals surface area contributed by atoms with E-state index in [0.29, 0.717) is 10.8 Å². The fraction of sp³-hybridized carbons (Fsp3) is 0.917. The Morgan fingerprint density at radius 1 is 1.04 bits per heavy atom. The minimum Gasteiger partial charge on any atom is -0.0840 e. The molecule has 3 saturated carbocycles. The van der Waals surface area contributed by atoms with Crippen LogP contribution < -0.4 is 0 Å². The van der Waals surface area contributed by atoms with Gasteiger partial charge in [-0.25, -0.2) is 0 Å². The first-order valence-corrected chi connectivity index (χ1v) is 11.2. The van der Waals surface area contributed by atoms with Crippen LogP contribution in [0.5, 0.6) is 0 Å². The Hall–Kier alpha value is -0.260. The fourth-order valence-electron chi connectivity index (χ4n) is 8.26. The molecule has 0 aromatic rings. The minimum atomic E-state index is 0.508. The Morgan fingerprint density at radius 2 is 1.88 bits per heavy atom. The van der Waals surface area contributed by atoms with Crippen molar-refractivity contribution in [3.8, 4) is 0 Å². The highest BCUT2D eigenvalue weighted by atomic mass is 14.6. The number of allylic oxidation sites excluding steroid dienone is 2. The highest BCUT2D eigenvalue weighted by Gasteiger charge is 2.58. The van der Waals surface area contributed by atoms with Crippen molar-refractivity contribution in [1.29, 1.82) is 0 Å². The monoisotopic (exact) mass is 328 g/mol. The summed E-state index contributed by atoms with van der Waals surface area (Å²) in [6.45, 7) is 10.2. The number of fused-ring (bicyclic) bond motifs is 5. The molecule has 1 unspecified atom stereocenters. The second kappa shape index (κ2) is 6.17. The average molecular weight is 329 g/mol. The second-order valence-electron chi connectivity index (χ2n) is 10.5. The number of rotatable bonds is 3. The van der Waals surface area contributed by atoms with Gasteiger partial charge in [-0.2, -0.15) is 0 Å². The van der Waals surface area contributed by atoms with Gasteiger partial charge in [0.1, 0.15) is 0 Å². The van der Waals surface area contributed by atoms with Gasteiger partial charge >= 0.3 is 0 Å². The first-order chi connectivity index (χ1) is 11.5. The minimum absolute atomic E-state index is 0.508. The molecule has 136 valence electrons. The number of hydrogen-bond acceptors (Lipinski definition) is 0. The van der Waals surface area contributed by atoms with Crippen LogP contribution >= 0.6 is 0 Å². The zero-order valence-electron chi connectivity index (χ0n) is 16.7. The van der Waals surface area contributed by atoms with Gasteiger partial charge in [-0.1, -0.05) is 65.5 Å². The third-order valence-corrected chi connectivity index (χ3v) is 9.52. The van der Waals surface area contributed by atoms with E-state index in [4.69, 9.17) is 0 Å². The van der Waals surface area contributed by atoms with Crippen LogP contribution in [0.15, 0.2) is 12.2 Å². The first-order valence-electron chi connectivity index (χ1n) is 11.2. The van der Waals surface area contributed by atoms with Crippen LogP contribution in [0, 0.1) is 46.3 Å². The quantitative estimate of drug-likeness (QED) is 0.479. The Balaban J connectivity index is 1.63. The smallest absolute Gasteiger partial charge is 0.00845 e. The molecule has 4 aliphatic rings. The van der Waals surface area contributed by atoms with Gasteiger partial charge < -0.3 is 0 Å². The normalized spacial score (nSPS) is 51.6. The van der Waals surface area contributed by atoms with Crippen LogP contribution in [0.1, 0.15) is 91.9 Å². The highest BCUT2D eigenvalue weighted by molar-refractivity contribution is 5.20. The molecule has 0 spiro atoms. The topological polar surface area (TPSA) is 0 Å². The molecule has 0 aromatic heterocycles. The predicted octanol–water partition coefficient (Wildman–Crippen LogP) is 7.25. The molecule has 0 amide bonds. The number of hydrogen-bond donors (Lipinski definition) is 0. The molecule has 0 aliphatic heterocycles. The van der Waals surface area contributed by atoms with Crippen molar-refractivity contribution in [2.45, 2.75) is 91.9 Å². The zero-order chi connectivity index (χ0) is 16.9. The van der Waals surface area contributed by atoms with E-state index in [1.165, 1.54) is 64.2 Å². The molecule has 0 radical (unpaired) electrons. The van der Waals surface area contributed by atoms with Crippen LogP contribution in [-0.4, -0.2) is 0 Å². The lowest BCUT2D eigenvalue weighted by Crippen LogP contribution is -2.50. The predicted molar refractivity (Wildman–Crippen MR) is 104 cm³/mol. The third-order valence-electron chi connectivity index (χ3n) is 9.52. The molecule has 0 heteroatoms. The van der Waals surface area contributed by atoms with Gasteiger partial charge in [-0.15, -0.1) is 0 Å². The molecule has 4 rings (SSSR count). The summed E-state index contributed by atoms with van der Waals surface area (Å²) in [6.07, 6.45) is 20.4. The Morgan fingerprint density at radius 3 is 2.67 bits per heavy atom. The highest BCUT2D eigenvalue weighted by Crippen LogP contribution is 2.66. The Labute approximate surface area is 150 Å². The molecule has 0 bridgehead atoms. The van der Waals surface area contributed by atoms with Crippen LogP contribution in [0.2, 0.25) is 0 Å². The molecule has 24 heavy (non-hydrogen) atoms. The Bertz CT molecular complexity index is 490. The van der Waals surface area contributed by atoms with Gasteiger partial charge in [0.2, 0.25) is 0 Å². The average Bonchev–Trinajstić information content (AvgIpc) is 2.92. The molecule has 0 heterocycles. The van der Waals surface area contributed by atoms with Gasteiger partial charge in [-0.05, 0) is 84.9 Å². The summed E-state index contributed by atoms with van der Waals surface area (Å²) >= 11 is 0. The summed E-state index contributed by atoms with van der Waals surface area (Å²) in [5.74, 6) is 5.76. The van der Waals surface area contributed by atoms with Crippen LogP contribution in [0.25, 0.3) is 0 Å². The molecule has 0 N–H and O–H groups in total. The maximum atomic E-state index is 2.76. The van der Waals surface area contributed by atoms with E-state index < -0.39 is 0 Å². The van der Waals surface area contributed by atoms with Crippen molar-refractivity contribution in [3.63, 3.8) is 0 Å². The fourth-order valence-corrected chi connectivity index (χ4v) is 8.26. The van der Waals surface area contributed by atoms with Gasteiger partial charge in [0.25, 0.3) is 0 Å². The molecule has 0 nitrogen and oxygen atoms in total. The Kier molecular flexibility index (Phi) is 4.41. The molecule has 0 aromatic carbocycles. The summed E-state index contributed by atoms with van der Waals surface area (Å²) in [5.41, 5.74) is 1.14. The summed E-state index contributed by atoms with van der Waals surface area (Å²) < 4.78 is 0. The first kappa shape index (κ1) is 17.2. The molecular formula is C24H40. The van der Waals surface area contributed by atoms with Gasteiger partial charge in [0.05, 0.1) is 0 Å². The SMILES string of the molecule is CCC[C@@H](C)[C@H]1CC[C@H]2[C@@H]3CCC4CCCC[C@]4(C)[C@H]3C=C[C@]12C. The van der Waals surface area contributed by atoms with Crippen LogP contribution in [-0.2, 0) is 0 Å². The van der Waals surface area contributed by atoms with Crippen molar-refractivity contribution in [1.82, 2.24) is 0 Å². The van der Waals surface area contributed by atoms with E-state index in [-0.39, 0.29) is 0 Å². The van der Waals surface area contributed by atoms with E-state index in [2.05, 4.69) is 39.8 Å². The van der Waals surface area contributed by atoms with Crippen LogP contribution in [0.3, 0.4) is 0 Å². The molecule has 8 atom stereocenters. The molecule has 4 aliphatic carbocycles. The summed E-state index contributed by atoms with van der Waals surface area (Å²) in [7, 11) is 0. The largest absolute Gasteiger partial charge is 0.0840 e. The maximum absolute atomic E-state index is 2.76. The lowest BCUT2D eigenvalue weighted by atomic mass is 9.46. The zero-order valence-corrected chi connectivity index (χ0v) is 16.7. The maximum Gasteiger partial charge on any atom is -0.00845 e. The van der Waals surface area contributed by atoms with Crippen molar-refractivity contribution in [3.05, 3.63) is 12.2 Å². The van der Waals surface area contributed by atoms with Gasteiger partial charge in [-0.3, -0.25) is 0 Å². The summed E-state index contributed by atoms with van der Waals surface area (Å²) in [6, 6.07) is 0. The molecule has 3 fully saturated rings. The lowest BCUT2D eigenvalue weighted by Gasteiger charge is -2.58. The van der Waals surface area contributed by atoms with E-state index in [1.54, 1.807) is 0 Å². The van der Waals surface area contributed by atoms with E-state index in [0.717, 1.165) is 35.5 Å². The van der Waals surface area contributed by atoms with Crippen molar-refractivity contribution >= 4 is 0 Å². The van der Waals surface area contributed by atoms with E-state index in [9.17, 15) is 0 Å². The standard InChI is InChI=1S/C24H40/c1-5-8-17(2)20-12-13-21-19-11-10-18-9-6-7-15-23(18,3)22(19)14-16-24(20,21)4/h14,16-22H,5-13,15H2,1-4H3/t17-,18?,19+,20-,21+,22+,23+,24-/m1/s1. The lowest BCUT2D eigenvalue weighted by molar-refractivity contribution is -0.0552. The van der Waals surface area contributed by atoms with Gasteiger partial charge in [0, 0.05) is 0 Å². The molecular weight excluding hydrogens is 288 g/mol. The van der Waals surface area contributed by atoms with Crippen molar-refractivity contribution in [2.24, 2.45) is 46.3 Å². The molecule has 0 saturated heterocycles. The van der Waals surface area contributed by atoms with E-state index >= 15 is 0 Å². The second-order valence-corrected chi connectivity index (χ2v) is 10.5.